The minimum absolute atomic E-state index is 0.141. The van der Waals surface area contributed by atoms with Crippen molar-refractivity contribution in [1.29, 1.82) is 0 Å². The van der Waals surface area contributed by atoms with Gasteiger partial charge in [0.1, 0.15) is 11.3 Å². The van der Waals surface area contributed by atoms with Crippen molar-refractivity contribution < 1.29 is 14.0 Å². The molecule has 3 aromatic rings. The van der Waals surface area contributed by atoms with E-state index in [1.807, 2.05) is 37.3 Å². The van der Waals surface area contributed by atoms with E-state index in [9.17, 15) is 9.59 Å². The van der Waals surface area contributed by atoms with Crippen molar-refractivity contribution in [3.63, 3.8) is 0 Å². The quantitative estimate of drug-likeness (QED) is 0.664. The molecule has 6 heteroatoms. The molecule has 3 N–H and O–H groups in total. The van der Waals surface area contributed by atoms with Crippen LogP contribution < -0.4 is 16.0 Å². The van der Waals surface area contributed by atoms with Gasteiger partial charge in [0.05, 0.1) is 6.04 Å². The van der Waals surface area contributed by atoms with E-state index < -0.39 is 0 Å². The highest BCUT2D eigenvalue weighted by Crippen LogP contribution is 2.23. The maximum Gasteiger partial charge on any atom is 0.319 e. The number of hydrogen-bond donors (Lipinski definition) is 3. The first-order chi connectivity index (χ1) is 12.0. The summed E-state index contributed by atoms with van der Waals surface area (Å²) in [6, 6.07) is 15.9. The third kappa shape index (κ3) is 4.17. The van der Waals surface area contributed by atoms with Crippen LogP contribution in [0, 0.1) is 0 Å². The van der Waals surface area contributed by atoms with E-state index in [2.05, 4.69) is 16.0 Å². The van der Waals surface area contributed by atoms with Crippen LogP contribution in [0.15, 0.2) is 59.0 Å². The van der Waals surface area contributed by atoms with Crippen LogP contribution in [0.5, 0.6) is 0 Å². The van der Waals surface area contributed by atoms with Crippen LogP contribution in [0.4, 0.5) is 16.2 Å². The maximum absolute atomic E-state index is 12.1. The lowest BCUT2D eigenvalue weighted by atomic mass is 10.2. The van der Waals surface area contributed by atoms with Crippen molar-refractivity contribution >= 4 is 34.3 Å². The Balaban J connectivity index is 1.60. The average Bonchev–Trinajstić information content (AvgIpc) is 3.00. The van der Waals surface area contributed by atoms with Crippen molar-refractivity contribution in [2.45, 2.75) is 19.9 Å². The number of anilines is 2. The molecule has 25 heavy (non-hydrogen) atoms. The van der Waals surface area contributed by atoms with E-state index in [1.165, 1.54) is 6.92 Å². The summed E-state index contributed by atoms with van der Waals surface area (Å²) in [6.45, 7) is 3.30. The molecule has 6 nitrogen and oxygen atoms in total. The van der Waals surface area contributed by atoms with Crippen molar-refractivity contribution in [2.75, 3.05) is 10.6 Å². The zero-order valence-corrected chi connectivity index (χ0v) is 14.0. The van der Waals surface area contributed by atoms with E-state index >= 15 is 0 Å². The number of hydrogen-bond acceptors (Lipinski definition) is 3. The molecule has 1 heterocycles. The first-order valence-corrected chi connectivity index (χ1v) is 7.95. The second-order valence-electron chi connectivity index (χ2n) is 5.77. The zero-order valence-electron chi connectivity index (χ0n) is 14.0. The maximum atomic E-state index is 12.1. The molecular formula is C19H19N3O3. The minimum Gasteiger partial charge on any atom is -0.459 e. The standard InChI is InChI=1S/C19H19N3O3/c1-12(18-11-14-5-3-4-6-17(14)25-18)20-19(24)22-16-9-7-15(8-10-16)21-13(2)23/h3-12H,1-2H3,(H,21,23)(H2,20,22,24)/t12-/m0/s1. The highest BCUT2D eigenvalue weighted by Gasteiger charge is 2.14. The number of para-hydroxylation sites is 1. The number of nitrogens with one attached hydrogen (secondary N) is 3. The molecule has 2 aromatic carbocycles. The van der Waals surface area contributed by atoms with Gasteiger partial charge in [-0.3, -0.25) is 4.79 Å². The van der Waals surface area contributed by atoms with Crippen molar-refractivity contribution in [3.8, 4) is 0 Å². The normalized spacial score (nSPS) is 11.8. The molecule has 1 aromatic heterocycles. The molecule has 1 atom stereocenters. The van der Waals surface area contributed by atoms with E-state index in [-0.39, 0.29) is 18.0 Å². The summed E-state index contributed by atoms with van der Waals surface area (Å²) in [5.41, 5.74) is 2.10. The van der Waals surface area contributed by atoms with Gasteiger partial charge in [-0.2, -0.15) is 0 Å². The molecule has 0 radical (unpaired) electrons. The van der Waals surface area contributed by atoms with Gasteiger partial charge in [-0.1, -0.05) is 18.2 Å². The summed E-state index contributed by atoms with van der Waals surface area (Å²) in [4.78, 5) is 23.1. The highest BCUT2D eigenvalue weighted by atomic mass is 16.3. The predicted molar refractivity (Wildman–Crippen MR) is 97.5 cm³/mol. The Hall–Kier alpha value is -3.28. The Labute approximate surface area is 145 Å². The lowest BCUT2D eigenvalue weighted by Crippen LogP contribution is -2.30. The van der Waals surface area contributed by atoms with Crippen LogP contribution in [0.25, 0.3) is 11.0 Å². The predicted octanol–water partition coefficient (Wildman–Crippen LogP) is 4.27. The Bertz CT molecular complexity index is 867. The summed E-state index contributed by atoms with van der Waals surface area (Å²) in [5.74, 6) is 0.551. The molecule has 3 amide bonds. The van der Waals surface area contributed by atoms with Crippen LogP contribution in [0.2, 0.25) is 0 Å². The summed E-state index contributed by atoms with van der Waals surface area (Å²) in [6.07, 6.45) is 0. The first-order valence-electron chi connectivity index (χ1n) is 7.95. The number of amides is 3. The van der Waals surface area contributed by atoms with Crippen LogP contribution in [0.3, 0.4) is 0 Å². The van der Waals surface area contributed by atoms with Gasteiger partial charge < -0.3 is 20.4 Å². The summed E-state index contributed by atoms with van der Waals surface area (Å²) < 4.78 is 5.75. The second kappa shape index (κ2) is 7.09. The monoisotopic (exact) mass is 337 g/mol. The Morgan fingerprint density at radius 2 is 1.60 bits per heavy atom. The Morgan fingerprint density at radius 3 is 2.24 bits per heavy atom. The van der Waals surface area contributed by atoms with Gasteiger partial charge in [0.2, 0.25) is 5.91 Å². The van der Waals surface area contributed by atoms with Gasteiger partial charge >= 0.3 is 6.03 Å². The molecule has 0 aliphatic rings. The summed E-state index contributed by atoms with van der Waals surface area (Å²) in [7, 11) is 0. The van der Waals surface area contributed by atoms with Crippen molar-refractivity contribution in [1.82, 2.24) is 5.32 Å². The number of carbonyl (C=O) groups excluding carboxylic acids is 2. The lowest BCUT2D eigenvalue weighted by Gasteiger charge is -2.13. The van der Waals surface area contributed by atoms with Crippen LogP contribution >= 0.6 is 0 Å². The van der Waals surface area contributed by atoms with E-state index in [0.717, 1.165) is 11.0 Å². The van der Waals surface area contributed by atoms with Crippen LogP contribution in [-0.2, 0) is 4.79 Å². The summed E-state index contributed by atoms with van der Waals surface area (Å²) >= 11 is 0. The third-order valence-corrected chi connectivity index (χ3v) is 3.68. The van der Waals surface area contributed by atoms with E-state index in [0.29, 0.717) is 17.1 Å². The number of rotatable bonds is 4. The molecule has 0 bridgehead atoms. The average molecular weight is 337 g/mol. The van der Waals surface area contributed by atoms with Gasteiger partial charge in [0.15, 0.2) is 0 Å². The SMILES string of the molecule is CC(=O)Nc1ccc(NC(=O)N[C@@H](C)c2cc3ccccc3o2)cc1. The molecule has 0 aliphatic heterocycles. The zero-order chi connectivity index (χ0) is 17.8. The van der Waals surface area contributed by atoms with Gasteiger partial charge in [-0.15, -0.1) is 0 Å². The fourth-order valence-corrected chi connectivity index (χ4v) is 2.49. The number of furan rings is 1. The highest BCUT2D eigenvalue weighted by molar-refractivity contribution is 5.91. The lowest BCUT2D eigenvalue weighted by molar-refractivity contribution is -0.114. The molecule has 0 fully saturated rings. The molecule has 0 saturated carbocycles. The molecule has 128 valence electrons. The van der Waals surface area contributed by atoms with E-state index in [1.54, 1.807) is 24.3 Å². The molecule has 0 spiro atoms. The van der Waals surface area contributed by atoms with Crippen molar-refractivity contribution in [3.05, 3.63) is 60.4 Å². The second-order valence-corrected chi connectivity index (χ2v) is 5.77. The van der Waals surface area contributed by atoms with Crippen molar-refractivity contribution in [2.24, 2.45) is 0 Å². The molecular weight excluding hydrogens is 318 g/mol. The molecule has 0 unspecified atom stereocenters. The Morgan fingerprint density at radius 1 is 0.960 bits per heavy atom. The fraction of sp³-hybridized carbons (Fsp3) is 0.158. The number of urea groups is 1. The molecule has 0 saturated heterocycles. The van der Waals surface area contributed by atoms with Gasteiger partial charge in [-0.25, -0.2) is 4.79 Å². The largest absolute Gasteiger partial charge is 0.459 e. The Kier molecular flexibility index (Phi) is 4.70. The minimum atomic E-state index is -0.333. The van der Waals surface area contributed by atoms with Crippen LogP contribution in [-0.4, -0.2) is 11.9 Å². The first kappa shape index (κ1) is 16.6. The van der Waals surface area contributed by atoms with Gasteiger partial charge in [-0.05, 0) is 43.3 Å². The van der Waals surface area contributed by atoms with Crippen LogP contribution in [0.1, 0.15) is 25.6 Å². The van der Waals surface area contributed by atoms with Gasteiger partial charge in [0, 0.05) is 23.7 Å². The number of carbonyl (C=O) groups is 2. The number of benzene rings is 2. The smallest absolute Gasteiger partial charge is 0.319 e. The fourth-order valence-electron chi connectivity index (χ4n) is 2.49. The molecule has 3 rings (SSSR count). The molecule has 0 aliphatic carbocycles. The number of fused-ring (bicyclic) bond motifs is 1. The van der Waals surface area contributed by atoms with Gasteiger partial charge in [0.25, 0.3) is 0 Å². The van der Waals surface area contributed by atoms with E-state index in [4.69, 9.17) is 4.42 Å². The third-order valence-electron chi connectivity index (χ3n) is 3.68. The summed E-state index contributed by atoms with van der Waals surface area (Å²) in [5, 5.41) is 9.26. The topological polar surface area (TPSA) is 83.4 Å².